The van der Waals surface area contributed by atoms with E-state index in [-0.39, 0.29) is 5.91 Å². The highest BCUT2D eigenvalue weighted by molar-refractivity contribution is 5.99. The van der Waals surface area contributed by atoms with Crippen molar-refractivity contribution < 1.29 is 9.53 Å². The van der Waals surface area contributed by atoms with Crippen LogP contribution in [-0.2, 0) is 6.54 Å². The maximum Gasteiger partial charge on any atom is 0.257 e. The first-order valence-corrected chi connectivity index (χ1v) is 8.02. The van der Waals surface area contributed by atoms with Gasteiger partial charge in [-0.3, -0.25) is 9.48 Å². The van der Waals surface area contributed by atoms with Crippen molar-refractivity contribution in [3.63, 3.8) is 0 Å². The highest BCUT2D eigenvalue weighted by atomic mass is 16.5. The van der Waals surface area contributed by atoms with Gasteiger partial charge >= 0.3 is 0 Å². The van der Waals surface area contributed by atoms with Crippen molar-refractivity contribution in [1.29, 1.82) is 5.26 Å². The van der Waals surface area contributed by atoms with Crippen molar-refractivity contribution in [3.8, 4) is 23.1 Å². The predicted molar refractivity (Wildman–Crippen MR) is 91.7 cm³/mol. The largest absolute Gasteiger partial charge is 0.497 e. The molecule has 2 aromatic rings. The molecule has 0 atom stereocenters. The second-order valence-electron chi connectivity index (χ2n) is 5.27. The lowest BCUT2D eigenvalue weighted by Gasteiger charge is -2.18. The molecule has 6 heteroatoms. The normalized spacial score (nSPS) is 10.2. The molecule has 0 aliphatic heterocycles. The predicted octanol–water partition coefficient (Wildman–Crippen LogP) is 2.95. The fraction of sp³-hybridized carbons (Fsp3) is 0.389. The molecule has 0 bridgehead atoms. The van der Waals surface area contributed by atoms with Crippen molar-refractivity contribution in [3.05, 3.63) is 36.0 Å². The summed E-state index contributed by atoms with van der Waals surface area (Å²) in [6.45, 7) is 5.63. The smallest absolute Gasteiger partial charge is 0.257 e. The topological polar surface area (TPSA) is 71.2 Å². The molecule has 0 N–H and O–H groups in total. The summed E-state index contributed by atoms with van der Waals surface area (Å²) < 4.78 is 6.93. The monoisotopic (exact) mass is 326 g/mol. The Labute approximate surface area is 142 Å². The van der Waals surface area contributed by atoms with E-state index < -0.39 is 0 Å². The molecule has 126 valence electrons. The Morgan fingerprint density at radius 3 is 2.75 bits per heavy atom. The zero-order valence-corrected chi connectivity index (χ0v) is 14.3. The molecule has 1 amide bonds. The van der Waals surface area contributed by atoms with Crippen molar-refractivity contribution in [2.24, 2.45) is 0 Å². The third kappa shape index (κ3) is 3.74. The lowest BCUT2D eigenvalue weighted by atomic mass is 10.1. The van der Waals surface area contributed by atoms with Crippen LogP contribution < -0.4 is 4.74 Å². The molecule has 0 fully saturated rings. The molecule has 1 aromatic heterocycles. The minimum absolute atomic E-state index is 0.0546. The minimum Gasteiger partial charge on any atom is -0.497 e. The third-order valence-corrected chi connectivity index (χ3v) is 3.84. The number of methoxy groups -OCH3 is 1. The highest BCUT2D eigenvalue weighted by Crippen LogP contribution is 2.26. The number of ether oxygens (including phenoxy) is 1. The van der Waals surface area contributed by atoms with E-state index in [1.165, 1.54) is 0 Å². The molecule has 0 aliphatic carbocycles. The van der Waals surface area contributed by atoms with Gasteiger partial charge in [0.15, 0.2) is 0 Å². The summed E-state index contributed by atoms with van der Waals surface area (Å²) in [6.07, 6.45) is 2.07. The molecule has 1 heterocycles. The van der Waals surface area contributed by atoms with Crippen LogP contribution in [0.25, 0.3) is 11.3 Å². The van der Waals surface area contributed by atoms with E-state index in [2.05, 4.69) is 11.2 Å². The fourth-order valence-corrected chi connectivity index (χ4v) is 2.52. The number of hydrogen-bond donors (Lipinski definition) is 0. The standard InChI is InChI=1S/C18H22N4O2/c1-4-21(5-2)18(23)16-13-22(11-7-10-19)20-17(16)14-8-6-9-15(12-14)24-3/h6,8-9,12-13H,4-5,7,11H2,1-3H3. The molecule has 0 saturated carbocycles. The molecule has 6 nitrogen and oxygen atoms in total. The molecule has 0 radical (unpaired) electrons. The Morgan fingerprint density at radius 2 is 2.12 bits per heavy atom. The number of benzene rings is 1. The fourth-order valence-electron chi connectivity index (χ4n) is 2.52. The first-order chi connectivity index (χ1) is 11.6. The van der Waals surface area contributed by atoms with Crippen LogP contribution in [0.2, 0.25) is 0 Å². The number of aromatic nitrogens is 2. The highest BCUT2D eigenvalue weighted by Gasteiger charge is 2.21. The van der Waals surface area contributed by atoms with E-state index in [1.54, 1.807) is 22.9 Å². The average molecular weight is 326 g/mol. The van der Waals surface area contributed by atoms with Crippen LogP contribution in [-0.4, -0.2) is 40.8 Å². The van der Waals surface area contributed by atoms with Gasteiger partial charge in [0, 0.05) is 24.8 Å². The number of nitriles is 1. The van der Waals surface area contributed by atoms with E-state index in [0.29, 0.717) is 43.1 Å². The molecule has 2 rings (SSSR count). The molecule has 0 saturated heterocycles. The Kier molecular flexibility index (Phi) is 5.96. The van der Waals surface area contributed by atoms with Crippen LogP contribution in [0.4, 0.5) is 0 Å². The van der Waals surface area contributed by atoms with Crippen LogP contribution in [0.15, 0.2) is 30.5 Å². The zero-order valence-electron chi connectivity index (χ0n) is 14.3. The van der Waals surface area contributed by atoms with E-state index >= 15 is 0 Å². The third-order valence-electron chi connectivity index (χ3n) is 3.84. The van der Waals surface area contributed by atoms with E-state index in [0.717, 1.165) is 5.56 Å². The number of aryl methyl sites for hydroxylation is 1. The minimum atomic E-state index is -0.0546. The molecule has 0 unspecified atom stereocenters. The maximum atomic E-state index is 12.8. The zero-order chi connectivity index (χ0) is 17.5. The van der Waals surface area contributed by atoms with Gasteiger partial charge in [0.25, 0.3) is 5.91 Å². The van der Waals surface area contributed by atoms with Gasteiger partial charge in [0.05, 0.1) is 31.7 Å². The van der Waals surface area contributed by atoms with Gasteiger partial charge in [0.2, 0.25) is 0 Å². The van der Waals surface area contributed by atoms with Gasteiger partial charge in [0.1, 0.15) is 11.4 Å². The van der Waals surface area contributed by atoms with Gasteiger partial charge in [-0.1, -0.05) is 12.1 Å². The van der Waals surface area contributed by atoms with E-state index in [4.69, 9.17) is 10.00 Å². The summed E-state index contributed by atoms with van der Waals surface area (Å²) >= 11 is 0. The van der Waals surface area contributed by atoms with Gasteiger partial charge in [-0.15, -0.1) is 0 Å². The number of rotatable bonds is 7. The summed E-state index contributed by atoms with van der Waals surface area (Å²) in [5, 5.41) is 13.3. The molecule has 0 aliphatic rings. The van der Waals surface area contributed by atoms with Gasteiger partial charge in [-0.2, -0.15) is 10.4 Å². The molecular weight excluding hydrogens is 304 g/mol. The second-order valence-corrected chi connectivity index (χ2v) is 5.27. The molecule has 0 spiro atoms. The summed E-state index contributed by atoms with van der Waals surface area (Å²) in [6, 6.07) is 9.58. The molecule has 24 heavy (non-hydrogen) atoms. The van der Waals surface area contributed by atoms with E-state index in [1.807, 2.05) is 38.1 Å². The Bertz CT molecular complexity index is 742. The first kappa shape index (κ1) is 17.5. The van der Waals surface area contributed by atoms with Gasteiger partial charge in [-0.05, 0) is 26.0 Å². The Balaban J connectivity index is 2.49. The van der Waals surface area contributed by atoms with E-state index in [9.17, 15) is 4.79 Å². The van der Waals surface area contributed by atoms with Gasteiger partial charge in [-0.25, -0.2) is 0 Å². The summed E-state index contributed by atoms with van der Waals surface area (Å²) in [4.78, 5) is 14.6. The lowest BCUT2D eigenvalue weighted by Crippen LogP contribution is -2.30. The summed E-state index contributed by atoms with van der Waals surface area (Å²) in [5.74, 6) is 0.654. The van der Waals surface area contributed by atoms with Gasteiger partial charge < -0.3 is 9.64 Å². The second kappa shape index (κ2) is 8.16. The number of hydrogen-bond acceptors (Lipinski definition) is 4. The van der Waals surface area contributed by atoms with Crippen molar-refractivity contribution in [1.82, 2.24) is 14.7 Å². The number of carbonyl (C=O) groups excluding carboxylic acids is 1. The number of nitrogens with zero attached hydrogens (tertiary/aromatic N) is 4. The van der Waals surface area contributed by atoms with Crippen LogP contribution in [0.1, 0.15) is 30.6 Å². The van der Waals surface area contributed by atoms with Crippen LogP contribution in [0.5, 0.6) is 5.75 Å². The Hall–Kier alpha value is -2.81. The SMILES string of the molecule is CCN(CC)C(=O)c1cn(CCC#N)nc1-c1cccc(OC)c1. The number of carbonyl (C=O) groups is 1. The lowest BCUT2D eigenvalue weighted by molar-refractivity contribution is 0.0773. The van der Waals surface area contributed by atoms with Crippen LogP contribution >= 0.6 is 0 Å². The summed E-state index contributed by atoms with van der Waals surface area (Å²) in [7, 11) is 1.60. The number of amides is 1. The molecular formula is C18H22N4O2. The summed E-state index contributed by atoms with van der Waals surface area (Å²) in [5.41, 5.74) is 1.98. The van der Waals surface area contributed by atoms with Crippen LogP contribution in [0, 0.1) is 11.3 Å². The van der Waals surface area contributed by atoms with Crippen molar-refractivity contribution >= 4 is 5.91 Å². The molecule has 1 aromatic carbocycles. The quantitative estimate of drug-likeness (QED) is 0.784. The Morgan fingerprint density at radius 1 is 1.38 bits per heavy atom. The maximum absolute atomic E-state index is 12.8. The van der Waals surface area contributed by atoms with Crippen molar-refractivity contribution in [2.45, 2.75) is 26.8 Å². The van der Waals surface area contributed by atoms with Crippen molar-refractivity contribution in [2.75, 3.05) is 20.2 Å². The first-order valence-electron chi connectivity index (χ1n) is 8.02. The average Bonchev–Trinajstić information content (AvgIpc) is 3.05. The van der Waals surface area contributed by atoms with Crippen LogP contribution in [0.3, 0.4) is 0 Å².